The fraction of sp³-hybridized carbons (Fsp3) is 0.222. The number of benzene rings is 1. The molecule has 0 aliphatic heterocycles. The number of aromatic nitrogens is 4. The van der Waals surface area contributed by atoms with Gasteiger partial charge in [0.05, 0.1) is 24.1 Å². The number of methoxy groups -OCH3 is 1. The number of hydrogen-bond donors (Lipinski definition) is 2. The fourth-order valence-corrected chi connectivity index (χ4v) is 4.18. The van der Waals surface area contributed by atoms with Crippen LogP contribution in [0.15, 0.2) is 84.0 Å². The molecule has 0 fully saturated rings. The van der Waals surface area contributed by atoms with Crippen molar-refractivity contribution in [1.29, 1.82) is 0 Å². The van der Waals surface area contributed by atoms with E-state index in [1.807, 2.05) is 75.4 Å². The monoisotopic (exact) mass is 455 g/mol. The molecule has 0 spiro atoms. The first-order chi connectivity index (χ1) is 16.4. The second-order valence-corrected chi connectivity index (χ2v) is 8.26. The lowest BCUT2D eigenvalue weighted by Crippen LogP contribution is -2.26. The van der Waals surface area contributed by atoms with Crippen LogP contribution in [0.1, 0.15) is 30.9 Å². The van der Waals surface area contributed by atoms with Crippen LogP contribution in [0, 0.1) is 12.8 Å². The maximum atomic E-state index is 13.9. The number of rotatable bonds is 8. The summed E-state index contributed by atoms with van der Waals surface area (Å²) in [5.41, 5.74) is 3.54. The van der Waals surface area contributed by atoms with Crippen molar-refractivity contribution < 1.29 is 4.74 Å². The van der Waals surface area contributed by atoms with E-state index < -0.39 is 0 Å². The Bertz CT molecular complexity index is 1390. The van der Waals surface area contributed by atoms with E-state index in [1.165, 1.54) is 4.52 Å². The number of aromatic amines is 1. The largest absolute Gasteiger partial charge is 0.502 e. The van der Waals surface area contributed by atoms with Crippen LogP contribution in [0.2, 0.25) is 0 Å². The summed E-state index contributed by atoms with van der Waals surface area (Å²) in [6.45, 7) is 9.92. The van der Waals surface area contributed by atoms with E-state index in [2.05, 4.69) is 21.9 Å². The Morgan fingerprint density at radius 1 is 1.21 bits per heavy atom. The van der Waals surface area contributed by atoms with Crippen molar-refractivity contribution in [3.8, 4) is 11.3 Å². The fourth-order valence-electron chi connectivity index (χ4n) is 4.18. The molecule has 3 heterocycles. The Balaban J connectivity index is 1.96. The molecular weight excluding hydrogens is 426 g/mol. The summed E-state index contributed by atoms with van der Waals surface area (Å²) >= 11 is 0. The molecule has 0 aliphatic rings. The van der Waals surface area contributed by atoms with Crippen LogP contribution in [-0.2, 0) is 4.74 Å². The van der Waals surface area contributed by atoms with E-state index in [1.54, 1.807) is 19.4 Å². The number of nitrogens with one attached hydrogen (secondary N) is 2. The van der Waals surface area contributed by atoms with Crippen LogP contribution in [0.4, 0.5) is 11.6 Å². The summed E-state index contributed by atoms with van der Waals surface area (Å²) in [6.07, 6.45) is 5.48. The van der Waals surface area contributed by atoms with Crippen molar-refractivity contribution in [1.82, 2.24) is 19.6 Å². The molecule has 1 unspecified atom stereocenters. The van der Waals surface area contributed by atoms with Crippen LogP contribution < -0.4 is 10.9 Å². The van der Waals surface area contributed by atoms with Crippen molar-refractivity contribution in [2.75, 3.05) is 12.4 Å². The predicted molar refractivity (Wildman–Crippen MR) is 136 cm³/mol. The quantitative estimate of drug-likeness (QED) is 0.267. The van der Waals surface area contributed by atoms with Crippen LogP contribution in [-0.4, -0.2) is 26.7 Å². The summed E-state index contributed by atoms with van der Waals surface area (Å²) < 4.78 is 6.79. The second kappa shape index (κ2) is 9.79. The molecule has 174 valence electrons. The third kappa shape index (κ3) is 4.37. The van der Waals surface area contributed by atoms with Crippen LogP contribution in [0.5, 0.6) is 0 Å². The summed E-state index contributed by atoms with van der Waals surface area (Å²) in [7, 11) is 1.63. The molecule has 0 bridgehead atoms. The van der Waals surface area contributed by atoms with E-state index in [-0.39, 0.29) is 17.4 Å². The molecule has 0 saturated heterocycles. The summed E-state index contributed by atoms with van der Waals surface area (Å²) in [5, 5.41) is 8.01. The van der Waals surface area contributed by atoms with Gasteiger partial charge < -0.3 is 15.0 Å². The molecule has 2 N–H and O–H groups in total. The van der Waals surface area contributed by atoms with E-state index in [4.69, 9.17) is 9.84 Å². The SMILES string of the molecule is C=C[C@@H](c1c(Nc2ccccn2)[nH]c2c(C)c(-c3ccccc3)nn2c1=O)C(C)/C=C(\C)OC. The first-order valence-corrected chi connectivity index (χ1v) is 11.2. The molecule has 4 rings (SSSR count). The van der Waals surface area contributed by atoms with Gasteiger partial charge in [-0.25, -0.2) is 4.98 Å². The number of ether oxygens (including phenoxy) is 1. The van der Waals surface area contributed by atoms with Gasteiger partial charge in [-0.3, -0.25) is 4.79 Å². The minimum absolute atomic E-state index is 0.0504. The van der Waals surface area contributed by atoms with Crippen molar-refractivity contribution in [3.63, 3.8) is 0 Å². The number of aryl methyl sites for hydroxylation is 1. The van der Waals surface area contributed by atoms with Gasteiger partial charge in [-0.1, -0.05) is 49.4 Å². The zero-order valence-corrected chi connectivity index (χ0v) is 19.9. The highest BCUT2D eigenvalue weighted by Gasteiger charge is 2.26. The zero-order valence-electron chi connectivity index (χ0n) is 19.9. The smallest absolute Gasteiger partial charge is 0.280 e. The minimum atomic E-state index is -0.297. The maximum Gasteiger partial charge on any atom is 0.280 e. The van der Waals surface area contributed by atoms with Crippen molar-refractivity contribution in [3.05, 3.63) is 101 Å². The standard InChI is InChI=1S/C27H29N5O2/c1-6-21(17(2)16-18(3)34-5)23-25(29-22-14-10-11-15-28-22)30-26-19(4)24(31-32(26)27(23)33)20-12-8-7-9-13-20/h6-17,21,30H,1H2,2-5H3,(H,28,29)/b18-16+/t17?,21-/m1/s1. The van der Waals surface area contributed by atoms with Gasteiger partial charge in [0.2, 0.25) is 0 Å². The number of nitrogens with zero attached hydrogens (tertiary/aromatic N) is 3. The Labute approximate surface area is 198 Å². The zero-order chi connectivity index (χ0) is 24.2. The van der Waals surface area contributed by atoms with E-state index in [0.717, 1.165) is 22.6 Å². The molecule has 2 atom stereocenters. The van der Waals surface area contributed by atoms with Crippen molar-refractivity contribution in [2.45, 2.75) is 26.7 Å². The lowest BCUT2D eigenvalue weighted by molar-refractivity contribution is 0.288. The molecule has 34 heavy (non-hydrogen) atoms. The average Bonchev–Trinajstić information content (AvgIpc) is 3.19. The van der Waals surface area contributed by atoms with Gasteiger partial charge in [-0.15, -0.1) is 6.58 Å². The highest BCUT2D eigenvalue weighted by atomic mass is 16.5. The summed E-state index contributed by atoms with van der Waals surface area (Å²) in [5.74, 6) is 1.62. The van der Waals surface area contributed by atoms with Gasteiger partial charge in [-0.2, -0.15) is 9.61 Å². The summed E-state index contributed by atoms with van der Waals surface area (Å²) in [6, 6.07) is 15.4. The molecule has 0 aliphatic carbocycles. The van der Waals surface area contributed by atoms with Crippen LogP contribution in [0.25, 0.3) is 16.9 Å². The van der Waals surface area contributed by atoms with E-state index in [9.17, 15) is 4.79 Å². The number of pyridine rings is 1. The molecule has 0 amide bonds. The van der Waals surface area contributed by atoms with Gasteiger partial charge in [-0.05, 0) is 38.0 Å². The van der Waals surface area contributed by atoms with Gasteiger partial charge in [0.25, 0.3) is 5.56 Å². The molecule has 0 saturated carbocycles. The summed E-state index contributed by atoms with van der Waals surface area (Å²) in [4.78, 5) is 21.7. The number of fused-ring (bicyclic) bond motifs is 1. The third-order valence-electron chi connectivity index (χ3n) is 6.00. The molecule has 4 aromatic rings. The van der Waals surface area contributed by atoms with Gasteiger partial charge in [0.1, 0.15) is 17.3 Å². The van der Waals surface area contributed by atoms with Crippen molar-refractivity contribution in [2.24, 2.45) is 5.92 Å². The first kappa shape index (κ1) is 23.0. The normalized spacial score (nSPS) is 13.5. The Hall–Kier alpha value is -4.13. The molecule has 3 aromatic heterocycles. The Morgan fingerprint density at radius 3 is 2.59 bits per heavy atom. The van der Waals surface area contributed by atoms with Gasteiger partial charge in [0, 0.05) is 23.2 Å². The number of hydrogen-bond acceptors (Lipinski definition) is 5. The van der Waals surface area contributed by atoms with Crippen molar-refractivity contribution >= 4 is 17.3 Å². The van der Waals surface area contributed by atoms with Crippen LogP contribution >= 0.6 is 0 Å². The molecule has 0 radical (unpaired) electrons. The average molecular weight is 456 g/mol. The second-order valence-electron chi connectivity index (χ2n) is 8.26. The third-order valence-corrected chi connectivity index (χ3v) is 6.00. The lowest BCUT2D eigenvalue weighted by atomic mass is 9.87. The van der Waals surface area contributed by atoms with E-state index >= 15 is 0 Å². The number of allylic oxidation sites excluding steroid dienone is 3. The number of anilines is 2. The molecule has 1 aromatic carbocycles. The first-order valence-electron chi connectivity index (χ1n) is 11.2. The molecular formula is C27H29N5O2. The highest BCUT2D eigenvalue weighted by Crippen LogP contribution is 2.32. The Morgan fingerprint density at radius 2 is 1.94 bits per heavy atom. The van der Waals surface area contributed by atoms with Gasteiger partial charge >= 0.3 is 0 Å². The topological polar surface area (TPSA) is 84.3 Å². The molecule has 7 nitrogen and oxygen atoms in total. The maximum absolute atomic E-state index is 13.9. The predicted octanol–water partition coefficient (Wildman–Crippen LogP) is 5.59. The van der Waals surface area contributed by atoms with Gasteiger partial charge in [0.15, 0.2) is 0 Å². The minimum Gasteiger partial charge on any atom is -0.502 e. The Kier molecular flexibility index (Phi) is 6.63. The molecule has 7 heteroatoms. The highest BCUT2D eigenvalue weighted by molar-refractivity contribution is 5.72. The lowest BCUT2D eigenvalue weighted by Gasteiger charge is -2.21. The van der Waals surface area contributed by atoms with E-state index in [0.29, 0.717) is 22.8 Å². The number of H-pyrrole nitrogens is 1. The van der Waals surface area contributed by atoms with Crippen LogP contribution in [0.3, 0.4) is 0 Å².